The maximum Gasteiger partial charge on any atom is 0.339 e. The molecule has 1 aliphatic heterocycles. The van der Waals surface area contributed by atoms with Gasteiger partial charge < -0.3 is 14.8 Å². The van der Waals surface area contributed by atoms with Crippen molar-refractivity contribution in [2.45, 2.75) is 26.4 Å². The van der Waals surface area contributed by atoms with E-state index in [2.05, 4.69) is 10.3 Å². The molecular formula is C12H16N2O3. The first kappa shape index (κ1) is 11.7. The average molecular weight is 236 g/mol. The van der Waals surface area contributed by atoms with Crippen molar-refractivity contribution in [3.05, 3.63) is 17.8 Å². The van der Waals surface area contributed by atoms with E-state index in [4.69, 9.17) is 9.47 Å². The first-order valence-corrected chi connectivity index (χ1v) is 5.62. The lowest BCUT2D eigenvalue weighted by molar-refractivity contribution is 0.0523. The van der Waals surface area contributed by atoms with E-state index in [1.807, 2.05) is 13.8 Å². The third kappa shape index (κ3) is 2.49. The maximum absolute atomic E-state index is 11.6. The number of esters is 1. The number of ether oxygens (including phenoxy) is 2. The van der Waals surface area contributed by atoms with Gasteiger partial charge in [0.25, 0.3) is 0 Å². The van der Waals surface area contributed by atoms with Crippen LogP contribution in [0.4, 0.5) is 5.82 Å². The van der Waals surface area contributed by atoms with Crippen LogP contribution in [0.25, 0.3) is 0 Å². The van der Waals surface area contributed by atoms with Crippen LogP contribution in [-0.4, -0.2) is 29.7 Å². The Morgan fingerprint density at radius 1 is 1.65 bits per heavy atom. The third-order valence-electron chi connectivity index (χ3n) is 2.43. The molecule has 0 aromatic carbocycles. The Morgan fingerprint density at radius 3 is 3.12 bits per heavy atom. The number of anilines is 1. The van der Waals surface area contributed by atoms with Gasteiger partial charge in [-0.2, -0.15) is 0 Å². The van der Waals surface area contributed by atoms with Gasteiger partial charge in [-0.05, 0) is 20.8 Å². The molecule has 0 aliphatic carbocycles. The van der Waals surface area contributed by atoms with Crippen molar-refractivity contribution in [2.24, 2.45) is 0 Å². The van der Waals surface area contributed by atoms with Gasteiger partial charge in [0.2, 0.25) is 0 Å². The summed E-state index contributed by atoms with van der Waals surface area (Å²) in [5, 5.41) is 3.16. The predicted molar refractivity (Wildman–Crippen MR) is 63.4 cm³/mol. The Balaban J connectivity index is 2.27. The molecule has 0 spiro atoms. The van der Waals surface area contributed by atoms with E-state index < -0.39 is 0 Å². The summed E-state index contributed by atoms with van der Waals surface area (Å²) in [5.74, 6) is 0.874. The number of pyridine rings is 1. The van der Waals surface area contributed by atoms with E-state index in [0.29, 0.717) is 30.3 Å². The summed E-state index contributed by atoms with van der Waals surface area (Å²) < 4.78 is 10.7. The zero-order chi connectivity index (χ0) is 12.5. The van der Waals surface area contributed by atoms with E-state index >= 15 is 0 Å². The first-order chi connectivity index (χ1) is 8.02. The number of carbonyl (C=O) groups is 1. The molecule has 0 amide bonds. The number of rotatable bonds is 2. The Labute approximate surface area is 100 Å². The van der Waals surface area contributed by atoms with Crippen LogP contribution in [0.5, 0.6) is 5.75 Å². The first-order valence-electron chi connectivity index (χ1n) is 5.62. The van der Waals surface area contributed by atoms with Gasteiger partial charge in [0.15, 0.2) is 11.6 Å². The zero-order valence-electron chi connectivity index (χ0n) is 10.2. The van der Waals surface area contributed by atoms with Gasteiger partial charge in [-0.1, -0.05) is 0 Å². The molecule has 5 heteroatoms. The molecule has 0 saturated heterocycles. The maximum atomic E-state index is 11.6. The van der Waals surface area contributed by atoms with Gasteiger partial charge in [0.05, 0.1) is 18.7 Å². The summed E-state index contributed by atoms with van der Waals surface area (Å²) in [4.78, 5) is 15.7. The molecule has 1 N–H and O–H groups in total. The predicted octanol–water partition coefficient (Wildman–Crippen LogP) is 1.84. The van der Waals surface area contributed by atoms with E-state index in [1.165, 1.54) is 6.20 Å². The average Bonchev–Trinajstić information content (AvgIpc) is 2.27. The van der Waals surface area contributed by atoms with E-state index in [0.717, 1.165) is 0 Å². The highest BCUT2D eigenvalue weighted by molar-refractivity contribution is 5.90. The highest BCUT2D eigenvalue weighted by Crippen LogP contribution is 2.31. The standard InChI is InChI=1S/C12H16N2O3/c1-4-16-11(15)8-5-9-10(13-6-8)14-7-12(2,3)17-9/h5-6H,4,7H2,1-3H3,(H,13,14). The van der Waals surface area contributed by atoms with Crippen molar-refractivity contribution in [2.75, 3.05) is 18.5 Å². The fourth-order valence-electron chi connectivity index (χ4n) is 1.61. The lowest BCUT2D eigenvalue weighted by Crippen LogP contribution is -2.40. The summed E-state index contributed by atoms with van der Waals surface area (Å²) in [6, 6.07) is 1.66. The molecule has 92 valence electrons. The lowest BCUT2D eigenvalue weighted by Gasteiger charge is -2.32. The summed E-state index contributed by atoms with van der Waals surface area (Å²) >= 11 is 0. The highest BCUT2D eigenvalue weighted by Gasteiger charge is 2.27. The molecule has 17 heavy (non-hydrogen) atoms. The van der Waals surface area contributed by atoms with E-state index in [9.17, 15) is 4.79 Å². The molecule has 0 bridgehead atoms. The molecule has 0 saturated carbocycles. The number of nitrogens with zero attached hydrogens (tertiary/aromatic N) is 1. The van der Waals surface area contributed by atoms with Crippen LogP contribution in [0.1, 0.15) is 31.1 Å². The fourth-order valence-corrected chi connectivity index (χ4v) is 1.61. The van der Waals surface area contributed by atoms with Gasteiger partial charge in [-0.3, -0.25) is 0 Å². The van der Waals surface area contributed by atoms with Crippen LogP contribution in [0.2, 0.25) is 0 Å². The summed E-state index contributed by atoms with van der Waals surface area (Å²) in [6.07, 6.45) is 1.49. The minimum atomic E-state index is -0.380. The second-order valence-corrected chi connectivity index (χ2v) is 4.51. The molecule has 0 fully saturated rings. The number of hydrogen-bond donors (Lipinski definition) is 1. The van der Waals surface area contributed by atoms with Gasteiger partial charge in [0, 0.05) is 12.3 Å². The number of fused-ring (bicyclic) bond motifs is 1. The molecular weight excluding hydrogens is 220 g/mol. The molecule has 0 radical (unpaired) electrons. The summed E-state index contributed by atoms with van der Waals surface area (Å²) in [7, 11) is 0. The van der Waals surface area contributed by atoms with Crippen molar-refractivity contribution < 1.29 is 14.3 Å². The smallest absolute Gasteiger partial charge is 0.339 e. The van der Waals surface area contributed by atoms with Gasteiger partial charge >= 0.3 is 5.97 Å². The van der Waals surface area contributed by atoms with Gasteiger partial charge in [0.1, 0.15) is 5.60 Å². The van der Waals surface area contributed by atoms with Crippen molar-refractivity contribution in [1.29, 1.82) is 0 Å². The molecule has 2 rings (SSSR count). The Kier molecular flexibility index (Phi) is 2.92. The molecule has 0 atom stereocenters. The lowest BCUT2D eigenvalue weighted by atomic mass is 10.1. The minimum Gasteiger partial charge on any atom is -0.482 e. The molecule has 1 aliphatic rings. The quantitative estimate of drug-likeness (QED) is 0.794. The van der Waals surface area contributed by atoms with Crippen molar-refractivity contribution in [1.82, 2.24) is 4.98 Å². The van der Waals surface area contributed by atoms with Gasteiger partial charge in [-0.15, -0.1) is 0 Å². The Bertz CT molecular complexity index is 443. The van der Waals surface area contributed by atoms with Crippen LogP contribution in [-0.2, 0) is 4.74 Å². The van der Waals surface area contributed by atoms with Crippen molar-refractivity contribution in [3.8, 4) is 5.75 Å². The molecule has 5 nitrogen and oxygen atoms in total. The number of nitrogens with one attached hydrogen (secondary N) is 1. The molecule has 1 aromatic rings. The molecule has 0 unspecified atom stereocenters. The summed E-state index contributed by atoms with van der Waals surface area (Å²) in [5.41, 5.74) is 0.104. The van der Waals surface area contributed by atoms with Crippen LogP contribution in [0, 0.1) is 0 Å². The normalized spacial score (nSPS) is 16.4. The highest BCUT2D eigenvalue weighted by atomic mass is 16.5. The second kappa shape index (κ2) is 4.24. The minimum absolute atomic E-state index is 0.304. The van der Waals surface area contributed by atoms with Crippen LogP contribution < -0.4 is 10.1 Å². The number of carbonyl (C=O) groups excluding carboxylic acids is 1. The SMILES string of the molecule is CCOC(=O)c1cnc2c(c1)OC(C)(C)CN2. The van der Waals surface area contributed by atoms with Crippen LogP contribution >= 0.6 is 0 Å². The molecule has 1 aromatic heterocycles. The largest absolute Gasteiger partial charge is 0.482 e. The second-order valence-electron chi connectivity index (χ2n) is 4.51. The van der Waals surface area contributed by atoms with Crippen LogP contribution in [0.15, 0.2) is 12.3 Å². The van der Waals surface area contributed by atoms with Crippen molar-refractivity contribution >= 4 is 11.8 Å². The monoisotopic (exact) mass is 236 g/mol. The summed E-state index contributed by atoms with van der Waals surface area (Å²) in [6.45, 7) is 6.75. The Morgan fingerprint density at radius 2 is 2.41 bits per heavy atom. The topological polar surface area (TPSA) is 60.5 Å². The van der Waals surface area contributed by atoms with E-state index in [-0.39, 0.29) is 11.6 Å². The number of hydrogen-bond acceptors (Lipinski definition) is 5. The van der Waals surface area contributed by atoms with Crippen molar-refractivity contribution in [3.63, 3.8) is 0 Å². The fraction of sp³-hybridized carbons (Fsp3) is 0.500. The zero-order valence-corrected chi connectivity index (χ0v) is 10.2. The molecule has 2 heterocycles. The van der Waals surface area contributed by atoms with Gasteiger partial charge in [-0.25, -0.2) is 9.78 Å². The third-order valence-corrected chi connectivity index (χ3v) is 2.43. The van der Waals surface area contributed by atoms with Crippen LogP contribution in [0.3, 0.4) is 0 Å². The van der Waals surface area contributed by atoms with E-state index in [1.54, 1.807) is 13.0 Å². The Hall–Kier alpha value is -1.78. The number of aromatic nitrogens is 1.